The van der Waals surface area contributed by atoms with Crippen molar-refractivity contribution >= 4 is 54.3 Å². The van der Waals surface area contributed by atoms with Gasteiger partial charge in [-0.3, -0.25) is 0 Å². The van der Waals surface area contributed by atoms with E-state index < -0.39 is 0 Å². The lowest BCUT2D eigenvalue weighted by Gasteiger charge is -2.20. The fraction of sp³-hybridized carbons (Fsp3) is 0.105. The van der Waals surface area contributed by atoms with Crippen LogP contribution in [-0.2, 0) is 0 Å². The summed E-state index contributed by atoms with van der Waals surface area (Å²) in [5.74, 6) is 0.482. The van der Waals surface area contributed by atoms with E-state index in [1.54, 1.807) is 0 Å². The normalized spacial score (nSPS) is 12.2. The molecule has 0 aliphatic rings. The Morgan fingerprint density at radius 1 is 0.513 bits per heavy atom. The summed E-state index contributed by atoms with van der Waals surface area (Å²) in [5, 5.41) is 10.2. The highest BCUT2D eigenvalue weighted by Crippen LogP contribution is 2.47. The molecule has 186 valence electrons. The molecule has 8 aromatic rings. The van der Waals surface area contributed by atoms with Crippen molar-refractivity contribution in [1.29, 1.82) is 0 Å². The third kappa shape index (κ3) is 3.20. The van der Waals surface area contributed by atoms with Crippen LogP contribution in [0.1, 0.15) is 30.9 Å². The van der Waals surface area contributed by atoms with Gasteiger partial charge in [-0.05, 0) is 85.1 Å². The van der Waals surface area contributed by atoms with Gasteiger partial charge in [0.05, 0.1) is 0 Å². The predicted molar refractivity (Wildman–Crippen MR) is 167 cm³/mol. The molecule has 0 bridgehead atoms. The van der Waals surface area contributed by atoms with Gasteiger partial charge in [-0.15, -0.1) is 0 Å². The van der Waals surface area contributed by atoms with Crippen molar-refractivity contribution < 1.29 is 4.42 Å². The summed E-state index contributed by atoms with van der Waals surface area (Å²) in [5.41, 5.74) is 9.44. The summed E-state index contributed by atoms with van der Waals surface area (Å²) in [6.07, 6.45) is 0. The van der Waals surface area contributed by atoms with Crippen LogP contribution in [0.25, 0.3) is 76.5 Å². The van der Waals surface area contributed by atoms with Gasteiger partial charge in [0.15, 0.2) is 0 Å². The Bertz CT molecular complexity index is 2190. The first-order valence-corrected chi connectivity index (χ1v) is 13.8. The first-order chi connectivity index (χ1) is 19.1. The second-order valence-corrected chi connectivity index (χ2v) is 11.2. The first-order valence-electron chi connectivity index (χ1n) is 13.8. The minimum Gasteiger partial charge on any atom is -0.455 e. The lowest BCUT2D eigenvalue weighted by atomic mass is 9.83. The SMILES string of the molecule is Cc1ccccc1-c1cc(-c2cccc3c2oc2ccccc23)c2ccc3cc(C(C)C)cc4ccc1c2c43. The Kier molecular flexibility index (Phi) is 4.70. The second kappa shape index (κ2) is 8.19. The predicted octanol–water partition coefficient (Wildman–Crippen LogP) is 11.2. The summed E-state index contributed by atoms with van der Waals surface area (Å²) in [6, 6.07) is 40.1. The van der Waals surface area contributed by atoms with Gasteiger partial charge in [-0.1, -0.05) is 111 Å². The minimum atomic E-state index is 0.482. The van der Waals surface area contributed by atoms with Crippen molar-refractivity contribution in [2.45, 2.75) is 26.7 Å². The molecule has 1 heteroatoms. The third-order valence-corrected chi connectivity index (χ3v) is 8.53. The fourth-order valence-electron chi connectivity index (χ4n) is 6.55. The molecular weight excluding hydrogens is 472 g/mol. The van der Waals surface area contributed by atoms with Crippen LogP contribution in [0.15, 0.2) is 114 Å². The molecule has 1 heterocycles. The highest BCUT2D eigenvalue weighted by molar-refractivity contribution is 6.29. The Hall–Kier alpha value is -4.62. The summed E-state index contributed by atoms with van der Waals surface area (Å²) in [7, 11) is 0. The number of para-hydroxylation sites is 2. The van der Waals surface area contributed by atoms with Crippen LogP contribution in [0.2, 0.25) is 0 Å². The molecule has 0 saturated carbocycles. The van der Waals surface area contributed by atoms with E-state index >= 15 is 0 Å². The average Bonchev–Trinajstić information content (AvgIpc) is 3.35. The van der Waals surface area contributed by atoms with Gasteiger partial charge in [0.25, 0.3) is 0 Å². The van der Waals surface area contributed by atoms with Crippen LogP contribution in [0.5, 0.6) is 0 Å². The summed E-state index contributed by atoms with van der Waals surface area (Å²) < 4.78 is 6.54. The van der Waals surface area contributed by atoms with E-state index in [4.69, 9.17) is 4.42 Å². The van der Waals surface area contributed by atoms with Crippen LogP contribution in [0.4, 0.5) is 0 Å². The molecule has 0 N–H and O–H groups in total. The molecule has 0 aliphatic heterocycles. The van der Waals surface area contributed by atoms with Crippen LogP contribution in [-0.4, -0.2) is 0 Å². The second-order valence-electron chi connectivity index (χ2n) is 11.2. The van der Waals surface area contributed by atoms with E-state index in [-0.39, 0.29) is 0 Å². The van der Waals surface area contributed by atoms with Crippen molar-refractivity contribution in [3.8, 4) is 22.3 Å². The van der Waals surface area contributed by atoms with E-state index in [0.29, 0.717) is 5.92 Å². The molecule has 0 atom stereocenters. The lowest BCUT2D eigenvalue weighted by molar-refractivity contribution is 0.670. The number of rotatable bonds is 3. The maximum absolute atomic E-state index is 6.54. The van der Waals surface area contributed by atoms with E-state index in [0.717, 1.165) is 27.5 Å². The smallest absolute Gasteiger partial charge is 0.143 e. The highest BCUT2D eigenvalue weighted by Gasteiger charge is 2.20. The maximum atomic E-state index is 6.54. The van der Waals surface area contributed by atoms with Crippen molar-refractivity contribution in [3.63, 3.8) is 0 Å². The largest absolute Gasteiger partial charge is 0.455 e. The zero-order valence-electron chi connectivity index (χ0n) is 22.4. The highest BCUT2D eigenvalue weighted by atomic mass is 16.3. The van der Waals surface area contributed by atoms with Gasteiger partial charge >= 0.3 is 0 Å². The Labute approximate surface area is 227 Å². The summed E-state index contributed by atoms with van der Waals surface area (Å²) in [4.78, 5) is 0. The molecule has 8 rings (SSSR count). The monoisotopic (exact) mass is 500 g/mol. The van der Waals surface area contributed by atoms with E-state index in [1.807, 2.05) is 6.07 Å². The van der Waals surface area contributed by atoms with E-state index in [1.165, 1.54) is 60.1 Å². The number of hydrogen-bond donors (Lipinski definition) is 0. The molecule has 7 aromatic carbocycles. The van der Waals surface area contributed by atoms with Gasteiger partial charge in [0.1, 0.15) is 11.2 Å². The first kappa shape index (κ1) is 22.4. The minimum absolute atomic E-state index is 0.482. The van der Waals surface area contributed by atoms with Crippen LogP contribution in [0.3, 0.4) is 0 Å². The standard InChI is InChI=1S/C38H28O/c1-22(2)26-19-24-15-17-29-33(27-10-5-4-9-23(27)3)21-34(30-18-16-25(20-26)36(24)37(29)30)32-13-8-12-31-28-11-6-7-14-35(28)39-38(31)32/h4-22H,1-3H3. The van der Waals surface area contributed by atoms with Crippen LogP contribution >= 0.6 is 0 Å². The van der Waals surface area contributed by atoms with Gasteiger partial charge in [-0.25, -0.2) is 0 Å². The Morgan fingerprint density at radius 3 is 1.90 bits per heavy atom. The van der Waals surface area contributed by atoms with E-state index in [2.05, 4.69) is 124 Å². The molecule has 0 amide bonds. The molecule has 0 fully saturated rings. The number of fused-ring (bicyclic) bond motifs is 3. The Morgan fingerprint density at radius 2 is 1.15 bits per heavy atom. The molecule has 39 heavy (non-hydrogen) atoms. The van der Waals surface area contributed by atoms with Crippen molar-refractivity contribution in [2.24, 2.45) is 0 Å². The number of furan rings is 1. The summed E-state index contributed by atoms with van der Waals surface area (Å²) >= 11 is 0. The number of hydrogen-bond acceptors (Lipinski definition) is 1. The lowest BCUT2D eigenvalue weighted by Crippen LogP contribution is -1.94. The molecular formula is C38H28O. The third-order valence-electron chi connectivity index (χ3n) is 8.53. The molecule has 0 aliphatic carbocycles. The zero-order valence-corrected chi connectivity index (χ0v) is 22.4. The summed E-state index contributed by atoms with van der Waals surface area (Å²) in [6.45, 7) is 6.76. The van der Waals surface area contributed by atoms with Gasteiger partial charge in [0.2, 0.25) is 0 Å². The van der Waals surface area contributed by atoms with Crippen LogP contribution in [0, 0.1) is 6.92 Å². The topological polar surface area (TPSA) is 13.1 Å². The van der Waals surface area contributed by atoms with Crippen molar-refractivity contribution in [2.75, 3.05) is 0 Å². The molecule has 1 nitrogen and oxygen atoms in total. The van der Waals surface area contributed by atoms with Crippen LogP contribution < -0.4 is 0 Å². The molecule has 1 aromatic heterocycles. The maximum Gasteiger partial charge on any atom is 0.143 e. The fourth-order valence-corrected chi connectivity index (χ4v) is 6.55. The molecule has 0 unspecified atom stereocenters. The Balaban J connectivity index is 1.57. The quantitative estimate of drug-likeness (QED) is 0.220. The van der Waals surface area contributed by atoms with Gasteiger partial charge in [-0.2, -0.15) is 0 Å². The molecule has 0 saturated heterocycles. The van der Waals surface area contributed by atoms with Gasteiger partial charge in [0, 0.05) is 16.3 Å². The zero-order chi connectivity index (χ0) is 26.2. The number of benzene rings is 7. The van der Waals surface area contributed by atoms with Crippen molar-refractivity contribution in [3.05, 3.63) is 120 Å². The average molecular weight is 501 g/mol. The molecule has 0 spiro atoms. The molecule has 0 radical (unpaired) electrons. The van der Waals surface area contributed by atoms with Gasteiger partial charge < -0.3 is 4.42 Å². The van der Waals surface area contributed by atoms with E-state index in [9.17, 15) is 0 Å². The number of aryl methyl sites for hydroxylation is 1. The van der Waals surface area contributed by atoms with Crippen molar-refractivity contribution in [1.82, 2.24) is 0 Å².